The standard InChI is InChI=1S/C38H52N8O7S/c1-25-22-26(23-32-34(25)42(3)37(49)41(32)2)24-33(35(47)43-15-8-27(9-16-43)28-10-19-45(20-11-28)54(39,51)52)53-38(50)44-17-13-30(14-18-44)46-21-12-29-6-4-5-7-31(29)40-36(46)48/h4-7,22-23,27-28,30,33H,8-21,24H2,1-3H3,(H,40,48)(H2,39,51,52)/t33-/m1/s1. The molecule has 1 atom stereocenters. The second-order valence-corrected chi connectivity index (χ2v) is 17.0. The fourth-order valence-electron chi connectivity index (χ4n) is 9.15. The maximum atomic E-state index is 14.3. The number of fused-ring (bicyclic) bond motifs is 2. The van der Waals surface area contributed by atoms with Crippen molar-refractivity contribution >= 4 is 45.0 Å². The summed E-state index contributed by atoms with van der Waals surface area (Å²) in [6.45, 7) is 5.18. The molecule has 0 saturated carbocycles. The number of carbonyl (C=O) groups is 3. The Kier molecular flexibility index (Phi) is 10.8. The monoisotopic (exact) mass is 764 g/mol. The van der Waals surface area contributed by atoms with Crippen molar-refractivity contribution in [3.05, 3.63) is 63.6 Å². The minimum atomic E-state index is -3.69. The third kappa shape index (κ3) is 7.73. The van der Waals surface area contributed by atoms with Crippen LogP contribution < -0.4 is 16.1 Å². The van der Waals surface area contributed by atoms with Crippen LogP contribution in [0.5, 0.6) is 0 Å². The number of hydrogen-bond acceptors (Lipinski definition) is 7. The van der Waals surface area contributed by atoms with E-state index in [4.69, 9.17) is 9.88 Å². The zero-order valence-corrected chi connectivity index (χ0v) is 32.2. The highest BCUT2D eigenvalue weighted by Crippen LogP contribution is 2.34. The predicted octanol–water partition coefficient (Wildman–Crippen LogP) is 2.94. The maximum absolute atomic E-state index is 14.3. The first-order valence-corrected chi connectivity index (χ1v) is 20.6. The topological polar surface area (TPSA) is 173 Å². The number of nitrogens with two attached hydrogens (primary N) is 1. The molecule has 0 bridgehead atoms. The van der Waals surface area contributed by atoms with Crippen LogP contribution in [0.3, 0.4) is 0 Å². The zero-order chi connectivity index (χ0) is 38.3. The van der Waals surface area contributed by atoms with Crippen LogP contribution in [0.15, 0.2) is 41.2 Å². The van der Waals surface area contributed by atoms with Crippen LogP contribution in [0.2, 0.25) is 0 Å². The fraction of sp³-hybridized carbons (Fsp3) is 0.579. The quantitative estimate of drug-likeness (QED) is 0.373. The van der Waals surface area contributed by atoms with Crippen molar-refractivity contribution in [1.82, 2.24) is 28.1 Å². The first kappa shape index (κ1) is 37.9. The van der Waals surface area contributed by atoms with E-state index in [1.165, 1.54) is 4.31 Å². The molecule has 3 N–H and O–H groups in total. The van der Waals surface area contributed by atoms with Gasteiger partial charge in [0.05, 0.1) is 11.0 Å². The number of hydrogen-bond donors (Lipinski definition) is 2. The Morgan fingerprint density at radius 1 is 0.870 bits per heavy atom. The number of imidazole rings is 1. The van der Waals surface area contributed by atoms with Crippen molar-refractivity contribution in [1.29, 1.82) is 0 Å². The van der Waals surface area contributed by atoms with E-state index in [1.54, 1.807) is 33.0 Å². The molecular formula is C38H52N8O7S. The van der Waals surface area contributed by atoms with E-state index in [0.29, 0.717) is 70.5 Å². The summed E-state index contributed by atoms with van der Waals surface area (Å²) in [6.07, 6.45) is 3.52. The number of amides is 4. The van der Waals surface area contributed by atoms with E-state index in [0.717, 1.165) is 65.5 Å². The molecule has 4 aliphatic rings. The van der Waals surface area contributed by atoms with Gasteiger partial charge >= 0.3 is 17.8 Å². The number of carbonyl (C=O) groups excluding carboxylic acids is 3. The minimum absolute atomic E-state index is 0.0266. The van der Waals surface area contributed by atoms with Gasteiger partial charge in [-0.25, -0.2) is 19.5 Å². The van der Waals surface area contributed by atoms with Gasteiger partial charge in [-0.15, -0.1) is 0 Å². The van der Waals surface area contributed by atoms with Gasteiger partial charge in [0.25, 0.3) is 16.1 Å². The van der Waals surface area contributed by atoms with Gasteiger partial charge in [-0.2, -0.15) is 12.7 Å². The van der Waals surface area contributed by atoms with Crippen molar-refractivity contribution in [2.24, 2.45) is 31.1 Å². The number of likely N-dealkylation sites (tertiary alicyclic amines) is 2. The number of ether oxygens (including phenoxy) is 1. The highest BCUT2D eigenvalue weighted by Gasteiger charge is 2.38. The highest BCUT2D eigenvalue weighted by molar-refractivity contribution is 7.86. The van der Waals surface area contributed by atoms with Crippen molar-refractivity contribution < 1.29 is 27.5 Å². The van der Waals surface area contributed by atoms with Crippen LogP contribution in [0.25, 0.3) is 11.0 Å². The lowest BCUT2D eigenvalue weighted by molar-refractivity contribution is -0.142. The molecule has 16 heteroatoms. The minimum Gasteiger partial charge on any atom is -0.436 e. The molecule has 2 aromatic carbocycles. The largest absolute Gasteiger partial charge is 0.436 e. The Bertz CT molecular complexity index is 2070. The molecule has 15 nitrogen and oxygen atoms in total. The Balaban J connectivity index is 1.02. The third-order valence-corrected chi connectivity index (χ3v) is 13.3. The normalized spacial score (nSPS) is 20.4. The first-order chi connectivity index (χ1) is 25.8. The number of para-hydroxylation sites is 1. The molecular weight excluding hydrogens is 713 g/mol. The van der Waals surface area contributed by atoms with Crippen LogP contribution in [0.1, 0.15) is 55.2 Å². The van der Waals surface area contributed by atoms with Gasteiger partial charge in [0.2, 0.25) is 0 Å². The van der Waals surface area contributed by atoms with E-state index in [2.05, 4.69) is 5.32 Å². The number of nitrogens with one attached hydrogen (secondary N) is 1. The molecule has 1 aromatic heterocycles. The number of piperidine rings is 3. The average Bonchev–Trinajstić information content (AvgIpc) is 3.27. The summed E-state index contributed by atoms with van der Waals surface area (Å²) < 4.78 is 34.3. The summed E-state index contributed by atoms with van der Waals surface area (Å²) in [5.41, 5.74) is 5.02. The van der Waals surface area contributed by atoms with E-state index < -0.39 is 22.4 Å². The molecule has 54 heavy (non-hydrogen) atoms. The molecule has 4 aliphatic heterocycles. The Labute approximate surface area is 316 Å². The molecule has 4 amide bonds. The summed E-state index contributed by atoms with van der Waals surface area (Å²) in [7, 11) is -0.238. The van der Waals surface area contributed by atoms with E-state index in [-0.39, 0.29) is 30.1 Å². The second-order valence-electron chi connectivity index (χ2n) is 15.5. The summed E-state index contributed by atoms with van der Waals surface area (Å²) >= 11 is 0. The van der Waals surface area contributed by atoms with Crippen LogP contribution in [0, 0.1) is 18.8 Å². The van der Waals surface area contributed by atoms with Gasteiger partial charge in [0.1, 0.15) is 0 Å². The Hall–Kier alpha value is -4.41. The number of aromatic nitrogens is 2. The summed E-state index contributed by atoms with van der Waals surface area (Å²) in [5.74, 6) is 0.477. The Morgan fingerprint density at radius 2 is 1.50 bits per heavy atom. The number of nitrogens with zero attached hydrogens (tertiary/aromatic N) is 6. The maximum Gasteiger partial charge on any atom is 0.410 e. The van der Waals surface area contributed by atoms with Crippen molar-refractivity contribution in [2.75, 3.05) is 51.1 Å². The third-order valence-electron chi connectivity index (χ3n) is 12.2. The lowest BCUT2D eigenvalue weighted by atomic mass is 9.79. The number of urea groups is 1. The lowest BCUT2D eigenvalue weighted by Gasteiger charge is -2.40. The van der Waals surface area contributed by atoms with Gasteiger partial charge in [-0.3, -0.25) is 13.9 Å². The SMILES string of the molecule is Cc1cc(C[C@@H](OC(=O)N2CCC(N3CCc4ccccc4NC3=O)CC2)C(=O)N2CCC(C3CCN(S(N)(=O)=O)CC3)CC2)cc2c1n(C)c(=O)n2C. The number of anilines is 1. The molecule has 5 heterocycles. The smallest absolute Gasteiger partial charge is 0.410 e. The molecule has 3 saturated heterocycles. The number of aryl methyl sites for hydroxylation is 3. The molecule has 3 aromatic rings. The van der Waals surface area contributed by atoms with Gasteiger partial charge in [0, 0.05) is 78.1 Å². The molecule has 292 valence electrons. The van der Waals surface area contributed by atoms with Crippen LogP contribution in [-0.2, 0) is 46.7 Å². The van der Waals surface area contributed by atoms with Crippen molar-refractivity contribution in [2.45, 2.75) is 70.4 Å². The molecule has 3 fully saturated rings. The summed E-state index contributed by atoms with van der Waals surface area (Å²) in [5, 5.41) is 8.38. The molecule has 0 unspecified atom stereocenters. The second kappa shape index (κ2) is 15.4. The van der Waals surface area contributed by atoms with Gasteiger partial charge < -0.3 is 24.8 Å². The molecule has 7 rings (SSSR count). The van der Waals surface area contributed by atoms with Gasteiger partial charge in [-0.05, 0) is 92.5 Å². The molecule has 0 spiro atoms. The van der Waals surface area contributed by atoms with E-state index >= 15 is 0 Å². The van der Waals surface area contributed by atoms with Gasteiger partial charge in [-0.1, -0.05) is 24.3 Å². The highest BCUT2D eigenvalue weighted by atomic mass is 32.2. The first-order valence-electron chi connectivity index (χ1n) is 19.1. The molecule has 0 radical (unpaired) electrons. The van der Waals surface area contributed by atoms with Crippen molar-refractivity contribution in [3.63, 3.8) is 0 Å². The molecule has 0 aliphatic carbocycles. The average molecular weight is 765 g/mol. The zero-order valence-electron chi connectivity index (χ0n) is 31.4. The van der Waals surface area contributed by atoms with Crippen LogP contribution in [-0.4, -0.2) is 113 Å². The van der Waals surface area contributed by atoms with E-state index in [9.17, 15) is 27.6 Å². The van der Waals surface area contributed by atoms with Crippen LogP contribution in [0.4, 0.5) is 15.3 Å². The van der Waals surface area contributed by atoms with Crippen LogP contribution >= 0.6 is 0 Å². The fourth-order valence-corrected chi connectivity index (χ4v) is 9.87. The predicted molar refractivity (Wildman–Crippen MR) is 204 cm³/mol. The number of rotatable bonds is 7. The summed E-state index contributed by atoms with van der Waals surface area (Å²) in [6, 6.07) is 11.5. The van der Waals surface area contributed by atoms with Crippen molar-refractivity contribution in [3.8, 4) is 0 Å². The lowest BCUT2D eigenvalue weighted by Crippen LogP contribution is -2.52. The number of benzene rings is 2. The Morgan fingerprint density at radius 3 is 2.17 bits per heavy atom. The summed E-state index contributed by atoms with van der Waals surface area (Å²) in [4.78, 5) is 59.3. The van der Waals surface area contributed by atoms with Gasteiger partial charge in [0.15, 0.2) is 6.10 Å². The van der Waals surface area contributed by atoms with E-state index in [1.807, 2.05) is 48.2 Å².